The molecule has 0 bridgehead atoms. The van der Waals surface area contributed by atoms with Crippen LogP contribution in [0.25, 0.3) is 16.3 Å². The van der Waals surface area contributed by atoms with E-state index in [9.17, 15) is 9.18 Å². The number of carbonyl (C=O) groups is 1. The van der Waals surface area contributed by atoms with E-state index in [2.05, 4.69) is 6.07 Å². The fourth-order valence-corrected chi connectivity index (χ4v) is 4.50. The van der Waals surface area contributed by atoms with Gasteiger partial charge in [-0.15, -0.1) is 11.3 Å². The molecule has 2 aromatic carbocycles. The third-order valence-electron chi connectivity index (χ3n) is 4.49. The molecule has 6 heteroatoms. The van der Waals surface area contributed by atoms with E-state index in [1.165, 1.54) is 18.2 Å². The first-order valence-electron chi connectivity index (χ1n) is 8.41. The van der Waals surface area contributed by atoms with Crippen molar-refractivity contribution in [3.8, 4) is 0 Å². The van der Waals surface area contributed by atoms with Gasteiger partial charge in [0.25, 0.3) is 0 Å². The molecule has 1 unspecified atom stereocenters. The number of fused-ring (bicyclic) bond motifs is 1. The number of thiazole rings is 1. The summed E-state index contributed by atoms with van der Waals surface area (Å²) in [6.07, 6.45) is 5.07. The molecular formula is C20H16ClFN2OS. The zero-order valence-corrected chi connectivity index (χ0v) is 15.4. The number of carbonyl (C=O) groups excluding carboxylic acids is 1. The van der Waals surface area contributed by atoms with Gasteiger partial charge in [0.05, 0.1) is 21.3 Å². The normalized spacial score (nSPS) is 17.5. The molecule has 0 N–H and O–H groups in total. The van der Waals surface area contributed by atoms with Crippen LogP contribution in [0.15, 0.2) is 48.5 Å². The molecule has 1 fully saturated rings. The second-order valence-corrected chi connectivity index (χ2v) is 7.69. The van der Waals surface area contributed by atoms with Gasteiger partial charge in [-0.25, -0.2) is 9.37 Å². The molecule has 0 aliphatic carbocycles. The highest BCUT2D eigenvalue weighted by Gasteiger charge is 2.31. The van der Waals surface area contributed by atoms with E-state index in [-0.39, 0.29) is 17.0 Å². The van der Waals surface area contributed by atoms with E-state index in [1.807, 2.05) is 23.1 Å². The van der Waals surface area contributed by atoms with Crippen LogP contribution >= 0.6 is 22.9 Å². The first kappa shape index (κ1) is 17.2. The van der Waals surface area contributed by atoms with E-state index in [4.69, 9.17) is 16.6 Å². The predicted molar refractivity (Wildman–Crippen MR) is 104 cm³/mol. The molecule has 26 heavy (non-hydrogen) atoms. The van der Waals surface area contributed by atoms with Crippen LogP contribution in [0, 0.1) is 5.82 Å². The Morgan fingerprint density at radius 2 is 2.15 bits per heavy atom. The summed E-state index contributed by atoms with van der Waals surface area (Å²) in [7, 11) is 0. The average Bonchev–Trinajstić information content (AvgIpc) is 3.28. The highest BCUT2D eigenvalue weighted by molar-refractivity contribution is 7.18. The number of likely N-dealkylation sites (tertiary alicyclic amines) is 1. The Labute approximate surface area is 159 Å². The third kappa shape index (κ3) is 3.37. The molecule has 3 nitrogen and oxygen atoms in total. The predicted octanol–water partition coefficient (Wildman–Crippen LogP) is 5.47. The molecule has 2 heterocycles. The number of aromatic nitrogens is 1. The number of amides is 1. The summed E-state index contributed by atoms with van der Waals surface area (Å²) in [6, 6.07) is 12.4. The lowest BCUT2D eigenvalue weighted by Gasteiger charge is -2.21. The van der Waals surface area contributed by atoms with Gasteiger partial charge in [0.1, 0.15) is 10.8 Å². The molecule has 1 aliphatic rings. The monoisotopic (exact) mass is 386 g/mol. The maximum absolute atomic E-state index is 13.2. The summed E-state index contributed by atoms with van der Waals surface area (Å²) >= 11 is 7.43. The fraction of sp³-hybridized carbons (Fsp3) is 0.200. The Hall–Kier alpha value is -2.24. The number of para-hydroxylation sites is 1. The van der Waals surface area contributed by atoms with Crippen LogP contribution in [0.4, 0.5) is 4.39 Å². The summed E-state index contributed by atoms with van der Waals surface area (Å²) in [5.41, 5.74) is 1.67. The SMILES string of the molecule is O=C(/C=C/c1ccc(F)c(Cl)c1)N1CCCC1c1nc2ccccc2s1. The molecule has 0 radical (unpaired) electrons. The second kappa shape index (κ2) is 7.17. The molecule has 0 saturated carbocycles. The van der Waals surface area contributed by atoms with Crippen molar-refractivity contribution in [2.24, 2.45) is 0 Å². The number of rotatable bonds is 3. The smallest absolute Gasteiger partial charge is 0.247 e. The molecule has 1 saturated heterocycles. The number of hydrogen-bond donors (Lipinski definition) is 0. The number of benzene rings is 2. The van der Waals surface area contributed by atoms with Crippen molar-refractivity contribution in [1.29, 1.82) is 0 Å². The Bertz CT molecular complexity index is 967. The van der Waals surface area contributed by atoms with Crippen LogP contribution in [-0.4, -0.2) is 22.3 Å². The van der Waals surface area contributed by atoms with E-state index in [0.29, 0.717) is 12.1 Å². The third-order valence-corrected chi connectivity index (χ3v) is 5.92. The molecule has 1 amide bonds. The van der Waals surface area contributed by atoms with Crippen LogP contribution in [0.1, 0.15) is 29.5 Å². The van der Waals surface area contributed by atoms with Crippen molar-refractivity contribution in [3.05, 3.63) is 70.0 Å². The minimum absolute atomic E-state index is 0.0151. The van der Waals surface area contributed by atoms with E-state index in [0.717, 1.165) is 28.1 Å². The zero-order valence-electron chi connectivity index (χ0n) is 13.9. The quantitative estimate of drug-likeness (QED) is 0.559. The van der Waals surface area contributed by atoms with Crippen molar-refractivity contribution in [1.82, 2.24) is 9.88 Å². The number of halogens is 2. The van der Waals surface area contributed by atoms with Gasteiger partial charge < -0.3 is 4.90 Å². The van der Waals surface area contributed by atoms with Gasteiger partial charge in [-0.05, 0) is 48.7 Å². The molecule has 1 atom stereocenters. The summed E-state index contributed by atoms with van der Waals surface area (Å²) in [4.78, 5) is 19.2. The van der Waals surface area contributed by atoms with Crippen LogP contribution in [-0.2, 0) is 4.79 Å². The van der Waals surface area contributed by atoms with E-state index < -0.39 is 5.82 Å². The molecular weight excluding hydrogens is 371 g/mol. The minimum atomic E-state index is -0.467. The van der Waals surface area contributed by atoms with Gasteiger partial charge in [0.2, 0.25) is 5.91 Å². The van der Waals surface area contributed by atoms with Crippen molar-refractivity contribution in [2.45, 2.75) is 18.9 Å². The topological polar surface area (TPSA) is 33.2 Å². The van der Waals surface area contributed by atoms with Crippen molar-refractivity contribution >= 4 is 45.1 Å². The fourth-order valence-electron chi connectivity index (χ4n) is 3.20. The van der Waals surface area contributed by atoms with Crippen molar-refractivity contribution in [2.75, 3.05) is 6.54 Å². The minimum Gasteiger partial charge on any atom is -0.330 e. The summed E-state index contributed by atoms with van der Waals surface area (Å²) in [5.74, 6) is -0.530. The standard InChI is InChI=1S/C20H16ClFN2OS/c21-14-12-13(7-9-15(14)22)8-10-19(25)24-11-3-5-17(24)20-23-16-4-1-2-6-18(16)26-20/h1-2,4,6-10,12,17H,3,5,11H2/b10-8+. The van der Waals surface area contributed by atoms with E-state index >= 15 is 0 Å². The van der Waals surface area contributed by atoms with Crippen LogP contribution in [0.3, 0.4) is 0 Å². The van der Waals surface area contributed by atoms with Gasteiger partial charge in [0, 0.05) is 12.6 Å². The summed E-state index contributed by atoms with van der Waals surface area (Å²) < 4.78 is 14.4. The first-order valence-corrected chi connectivity index (χ1v) is 9.60. The largest absolute Gasteiger partial charge is 0.330 e. The van der Waals surface area contributed by atoms with Gasteiger partial charge in [-0.1, -0.05) is 29.8 Å². The first-order chi connectivity index (χ1) is 12.6. The van der Waals surface area contributed by atoms with Crippen molar-refractivity contribution in [3.63, 3.8) is 0 Å². The molecule has 132 valence electrons. The zero-order chi connectivity index (χ0) is 18.1. The van der Waals surface area contributed by atoms with Gasteiger partial charge in [-0.3, -0.25) is 4.79 Å². The van der Waals surface area contributed by atoms with Crippen LogP contribution in [0.5, 0.6) is 0 Å². The lowest BCUT2D eigenvalue weighted by molar-refractivity contribution is -0.126. The molecule has 1 aliphatic heterocycles. The van der Waals surface area contributed by atoms with Gasteiger partial charge in [-0.2, -0.15) is 0 Å². The Balaban J connectivity index is 1.54. The molecule has 0 spiro atoms. The lowest BCUT2D eigenvalue weighted by atomic mass is 10.2. The van der Waals surface area contributed by atoms with Crippen LogP contribution in [0.2, 0.25) is 5.02 Å². The van der Waals surface area contributed by atoms with Gasteiger partial charge in [0.15, 0.2) is 0 Å². The lowest BCUT2D eigenvalue weighted by Crippen LogP contribution is -2.28. The van der Waals surface area contributed by atoms with Gasteiger partial charge >= 0.3 is 0 Å². The Morgan fingerprint density at radius 3 is 2.96 bits per heavy atom. The van der Waals surface area contributed by atoms with Crippen molar-refractivity contribution < 1.29 is 9.18 Å². The molecule has 3 aromatic rings. The number of hydrogen-bond acceptors (Lipinski definition) is 3. The molecule has 4 rings (SSSR count). The maximum atomic E-state index is 13.2. The summed E-state index contributed by atoms with van der Waals surface area (Å²) in [6.45, 7) is 0.716. The average molecular weight is 387 g/mol. The highest BCUT2D eigenvalue weighted by atomic mass is 35.5. The molecule has 1 aromatic heterocycles. The van der Waals surface area contributed by atoms with E-state index in [1.54, 1.807) is 23.5 Å². The Kier molecular flexibility index (Phi) is 4.74. The highest BCUT2D eigenvalue weighted by Crippen LogP contribution is 2.36. The summed E-state index contributed by atoms with van der Waals surface area (Å²) in [5, 5.41) is 1.03. The van der Waals surface area contributed by atoms with Crippen LogP contribution < -0.4 is 0 Å². The second-order valence-electron chi connectivity index (χ2n) is 6.22. The maximum Gasteiger partial charge on any atom is 0.247 e. The Morgan fingerprint density at radius 1 is 1.31 bits per heavy atom. The number of nitrogens with zero attached hydrogens (tertiary/aromatic N) is 2.